The molecular formula is C36H22Se. The van der Waals surface area contributed by atoms with E-state index < -0.39 is 0 Å². The maximum atomic E-state index is 2.32. The molecule has 0 atom stereocenters. The minimum absolute atomic E-state index is 0.353. The fraction of sp³-hybridized carbons (Fsp3) is 0. The first-order valence-corrected chi connectivity index (χ1v) is 14.4. The van der Waals surface area contributed by atoms with Crippen LogP contribution >= 0.6 is 0 Å². The summed E-state index contributed by atoms with van der Waals surface area (Å²) in [5.41, 5.74) is 5.22. The van der Waals surface area contributed by atoms with Crippen LogP contribution in [-0.2, 0) is 0 Å². The summed E-state index contributed by atoms with van der Waals surface area (Å²) < 4.78 is 2.97. The van der Waals surface area contributed by atoms with E-state index in [2.05, 4.69) is 133 Å². The van der Waals surface area contributed by atoms with E-state index in [4.69, 9.17) is 0 Å². The molecule has 8 rings (SSSR count). The molecule has 172 valence electrons. The zero-order chi connectivity index (χ0) is 24.3. The third-order valence-electron chi connectivity index (χ3n) is 7.68. The fourth-order valence-corrected chi connectivity index (χ4v) is 8.51. The molecule has 0 saturated heterocycles. The Kier molecular flexibility index (Phi) is 4.64. The minimum atomic E-state index is 0.353. The van der Waals surface area contributed by atoms with Crippen LogP contribution in [0.15, 0.2) is 133 Å². The number of hydrogen-bond donors (Lipinski definition) is 0. The van der Waals surface area contributed by atoms with Crippen LogP contribution in [0.3, 0.4) is 0 Å². The first-order chi connectivity index (χ1) is 18.4. The van der Waals surface area contributed by atoms with Gasteiger partial charge in [0.05, 0.1) is 0 Å². The van der Waals surface area contributed by atoms with Gasteiger partial charge in [-0.15, -0.1) is 0 Å². The van der Waals surface area contributed by atoms with Crippen molar-refractivity contribution in [2.24, 2.45) is 0 Å². The Morgan fingerprint density at radius 3 is 1.35 bits per heavy atom. The molecule has 0 aliphatic heterocycles. The molecule has 0 saturated carbocycles. The number of hydrogen-bond acceptors (Lipinski definition) is 0. The summed E-state index contributed by atoms with van der Waals surface area (Å²) in [5.74, 6) is 0. The van der Waals surface area contributed by atoms with Crippen molar-refractivity contribution in [3.05, 3.63) is 133 Å². The van der Waals surface area contributed by atoms with Crippen molar-refractivity contribution >= 4 is 66.1 Å². The Labute approximate surface area is 221 Å². The molecule has 1 heterocycles. The van der Waals surface area contributed by atoms with Crippen LogP contribution in [0.5, 0.6) is 0 Å². The van der Waals surface area contributed by atoms with E-state index in [9.17, 15) is 0 Å². The van der Waals surface area contributed by atoms with Crippen molar-refractivity contribution in [1.29, 1.82) is 0 Å². The van der Waals surface area contributed by atoms with Crippen LogP contribution in [0.4, 0.5) is 0 Å². The van der Waals surface area contributed by atoms with E-state index in [0.717, 1.165) is 0 Å². The molecule has 0 fully saturated rings. The van der Waals surface area contributed by atoms with Gasteiger partial charge in [-0.25, -0.2) is 0 Å². The van der Waals surface area contributed by atoms with E-state index in [-0.39, 0.29) is 0 Å². The van der Waals surface area contributed by atoms with Crippen LogP contribution < -0.4 is 0 Å². The van der Waals surface area contributed by atoms with Gasteiger partial charge in [0.1, 0.15) is 0 Å². The van der Waals surface area contributed by atoms with E-state index in [1.54, 1.807) is 0 Å². The van der Waals surface area contributed by atoms with E-state index >= 15 is 0 Å². The average Bonchev–Trinajstić information content (AvgIpc) is 3.36. The standard InChI is InChI=1S/C36H22Se/c1-2-12-25-23(11-1)24-13-5-6-16-28(24)35-29(25)18-9-19-30(35)26-14-3-4-15-27(26)31-20-10-22-34-36(31)32-17-7-8-21-33(32)37-34/h1-22H. The van der Waals surface area contributed by atoms with Gasteiger partial charge in [-0.2, -0.15) is 0 Å². The molecule has 7 aromatic carbocycles. The zero-order valence-electron chi connectivity index (χ0n) is 20.1. The number of fused-ring (bicyclic) bond motifs is 9. The zero-order valence-corrected chi connectivity index (χ0v) is 21.8. The average molecular weight is 534 g/mol. The molecule has 0 N–H and O–H groups in total. The van der Waals surface area contributed by atoms with Crippen LogP contribution in [0, 0.1) is 0 Å². The van der Waals surface area contributed by atoms with Crippen molar-refractivity contribution in [2.45, 2.75) is 0 Å². The molecule has 37 heavy (non-hydrogen) atoms. The van der Waals surface area contributed by atoms with Gasteiger partial charge in [-0.05, 0) is 0 Å². The monoisotopic (exact) mass is 534 g/mol. The van der Waals surface area contributed by atoms with E-state index in [1.807, 2.05) is 0 Å². The van der Waals surface area contributed by atoms with Gasteiger partial charge >= 0.3 is 222 Å². The van der Waals surface area contributed by atoms with Gasteiger partial charge in [0.25, 0.3) is 0 Å². The third-order valence-corrected chi connectivity index (χ3v) is 10.1. The summed E-state index contributed by atoms with van der Waals surface area (Å²) in [7, 11) is 0. The topological polar surface area (TPSA) is 0 Å². The van der Waals surface area contributed by atoms with Gasteiger partial charge in [0, 0.05) is 0 Å². The van der Waals surface area contributed by atoms with Gasteiger partial charge in [0.15, 0.2) is 0 Å². The molecule has 0 amide bonds. The van der Waals surface area contributed by atoms with Crippen molar-refractivity contribution < 1.29 is 0 Å². The summed E-state index contributed by atoms with van der Waals surface area (Å²) >= 11 is 0.353. The SMILES string of the molecule is c1ccc(-c2cccc3c4ccccc4c4ccccc4c23)c(-c2cccc3[se]c4ccccc4c23)c1. The second-order valence-corrected chi connectivity index (χ2v) is 11.9. The van der Waals surface area contributed by atoms with Gasteiger partial charge in [-0.3, -0.25) is 0 Å². The van der Waals surface area contributed by atoms with E-state index in [1.165, 1.54) is 73.9 Å². The summed E-state index contributed by atoms with van der Waals surface area (Å²) in [4.78, 5) is 0. The van der Waals surface area contributed by atoms with Crippen molar-refractivity contribution in [3.63, 3.8) is 0 Å². The van der Waals surface area contributed by atoms with Crippen LogP contribution in [-0.4, -0.2) is 14.5 Å². The predicted molar refractivity (Wildman–Crippen MR) is 162 cm³/mol. The Bertz CT molecular complexity index is 2100. The number of benzene rings is 7. The Balaban J connectivity index is 1.52. The summed E-state index contributed by atoms with van der Waals surface area (Å²) in [6, 6.07) is 49.3. The van der Waals surface area contributed by atoms with Gasteiger partial charge < -0.3 is 0 Å². The predicted octanol–water partition coefficient (Wildman–Crippen LogP) is 9.84. The molecule has 1 heteroatoms. The molecule has 0 spiro atoms. The Morgan fingerprint density at radius 2 is 0.676 bits per heavy atom. The fourth-order valence-electron chi connectivity index (χ4n) is 6.13. The van der Waals surface area contributed by atoms with Crippen LogP contribution in [0.2, 0.25) is 0 Å². The number of rotatable bonds is 2. The van der Waals surface area contributed by atoms with E-state index in [0.29, 0.717) is 14.5 Å². The van der Waals surface area contributed by atoms with Gasteiger partial charge in [0.2, 0.25) is 0 Å². The van der Waals surface area contributed by atoms with Crippen LogP contribution in [0.25, 0.3) is 73.9 Å². The van der Waals surface area contributed by atoms with Crippen molar-refractivity contribution in [3.8, 4) is 22.3 Å². The molecule has 0 aliphatic rings. The normalized spacial score (nSPS) is 11.8. The first kappa shape index (κ1) is 21.0. The van der Waals surface area contributed by atoms with Crippen molar-refractivity contribution in [1.82, 2.24) is 0 Å². The molecule has 0 radical (unpaired) electrons. The third kappa shape index (κ3) is 3.09. The molecule has 0 aliphatic carbocycles. The summed E-state index contributed by atoms with van der Waals surface area (Å²) in [5, 5.41) is 10.7. The molecular weight excluding hydrogens is 511 g/mol. The second kappa shape index (κ2) is 8.18. The molecule has 0 nitrogen and oxygen atoms in total. The summed E-state index contributed by atoms with van der Waals surface area (Å²) in [6.45, 7) is 0. The summed E-state index contributed by atoms with van der Waals surface area (Å²) in [6.07, 6.45) is 0. The Morgan fingerprint density at radius 1 is 0.270 bits per heavy atom. The van der Waals surface area contributed by atoms with Crippen LogP contribution in [0.1, 0.15) is 0 Å². The Hall–Kier alpha value is -4.16. The molecule has 1 aromatic heterocycles. The van der Waals surface area contributed by atoms with Crippen molar-refractivity contribution in [2.75, 3.05) is 0 Å². The molecule has 0 bridgehead atoms. The van der Waals surface area contributed by atoms with Gasteiger partial charge in [-0.1, -0.05) is 0 Å². The molecule has 0 unspecified atom stereocenters. The first-order valence-electron chi connectivity index (χ1n) is 12.7. The second-order valence-electron chi connectivity index (χ2n) is 9.64. The molecule has 8 aromatic rings. The maximum absolute atomic E-state index is 2.32. The quantitative estimate of drug-likeness (QED) is 0.153.